The largest absolute Gasteiger partial charge is 0.382 e. The Labute approximate surface area is 158 Å². The summed E-state index contributed by atoms with van der Waals surface area (Å²) in [6, 6.07) is 1.65. The summed E-state index contributed by atoms with van der Waals surface area (Å²) >= 11 is 0. The first-order chi connectivity index (χ1) is 13.1. The fraction of sp³-hybridized carbons (Fsp3) is 0.800. The van der Waals surface area contributed by atoms with Gasteiger partial charge in [0.05, 0.1) is 0 Å². The van der Waals surface area contributed by atoms with Gasteiger partial charge in [0.25, 0.3) is 0 Å². The lowest BCUT2D eigenvalue weighted by molar-refractivity contribution is -0.390. The Morgan fingerprint density at radius 3 is 2.33 bits per heavy atom. The van der Waals surface area contributed by atoms with E-state index in [0.717, 1.165) is 24.7 Å². The highest BCUT2D eigenvalue weighted by molar-refractivity contribution is 5.80. The van der Waals surface area contributed by atoms with Gasteiger partial charge in [0.15, 0.2) is 0 Å². The molecule has 6 fully saturated rings. The van der Waals surface area contributed by atoms with Crippen LogP contribution in [0.5, 0.6) is 0 Å². The first-order valence-electron chi connectivity index (χ1n) is 10.5. The van der Waals surface area contributed by atoms with Gasteiger partial charge in [-0.1, -0.05) is 0 Å². The molecule has 0 atom stereocenters. The molecule has 0 aromatic carbocycles. The van der Waals surface area contributed by atoms with Crippen LogP contribution in [-0.4, -0.2) is 27.3 Å². The SMILES string of the molecule is Nc1ccn(C(=O)C2CCC3(CC2)OOC2(O3)C3CC4CC(C3)CC2C4)n1. The van der Waals surface area contributed by atoms with Gasteiger partial charge in [-0.2, -0.15) is 9.78 Å². The maximum atomic E-state index is 12.6. The molecule has 0 unspecified atom stereocenters. The number of nitrogens with two attached hydrogens (primary N) is 1. The number of aromatic nitrogens is 2. The molecule has 27 heavy (non-hydrogen) atoms. The van der Waals surface area contributed by atoms with E-state index in [1.807, 2.05) is 0 Å². The summed E-state index contributed by atoms with van der Waals surface area (Å²) in [7, 11) is 0. The number of nitrogens with zero attached hydrogens (tertiary/aromatic N) is 2. The first-order valence-corrected chi connectivity index (χ1v) is 10.5. The van der Waals surface area contributed by atoms with Crippen LogP contribution in [0.4, 0.5) is 5.82 Å². The van der Waals surface area contributed by atoms with Crippen LogP contribution in [0.15, 0.2) is 12.3 Å². The van der Waals surface area contributed by atoms with Crippen molar-refractivity contribution in [2.45, 2.75) is 69.4 Å². The van der Waals surface area contributed by atoms with Crippen LogP contribution in [0.3, 0.4) is 0 Å². The Kier molecular flexibility index (Phi) is 3.39. The van der Waals surface area contributed by atoms with E-state index in [2.05, 4.69) is 5.10 Å². The van der Waals surface area contributed by atoms with E-state index in [9.17, 15) is 4.79 Å². The van der Waals surface area contributed by atoms with Crippen LogP contribution in [-0.2, 0) is 14.5 Å². The minimum atomic E-state index is -0.671. The summed E-state index contributed by atoms with van der Waals surface area (Å²) in [4.78, 5) is 24.6. The number of carbonyl (C=O) groups is 1. The van der Waals surface area contributed by atoms with Crippen molar-refractivity contribution in [3.63, 3.8) is 0 Å². The highest BCUT2D eigenvalue weighted by Crippen LogP contribution is 2.63. The van der Waals surface area contributed by atoms with Crippen molar-refractivity contribution in [2.24, 2.45) is 29.6 Å². The average Bonchev–Trinajstić information content (AvgIpc) is 3.25. The number of hydrogen-bond donors (Lipinski definition) is 1. The van der Waals surface area contributed by atoms with Crippen molar-refractivity contribution >= 4 is 11.7 Å². The van der Waals surface area contributed by atoms with Crippen LogP contribution in [0.1, 0.15) is 62.6 Å². The summed E-state index contributed by atoms with van der Waals surface area (Å²) in [5, 5.41) is 4.05. The highest BCUT2D eigenvalue weighted by atomic mass is 17.3. The van der Waals surface area contributed by atoms with E-state index < -0.39 is 11.6 Å². The van der Waals surface area contributed by atoms with Crippen LogP contribution in [0, 0.1) is 29.6 Å². The molecule has 0 amide bonds. The third-order valence-corrected chi connectivity index (χ3v) is 7.88. The molecule has 7 heteroatoms. The molecule has 7 nitrogen and oxygen atoms in total. The molecule has 5 aliphatic carbocycles. The van der Waals surface area contributed by atoms with Gasteiger partial charge in [-0.15, -0.1) is 5.10 Å². The maximum absolute atomic E-state index is 12.6. The summed E-state index contributed by atoms with van der Waals surface area (Å²) in [6.45, 7) is 0. The molecule has 1 aliphatic heterocycles. The molecule has 4 bridgehead atoms. The number of nitrogen functional groups attached to an aromatic ring is 1. The van der Waals surface area contributed by atoms with Crippen LogP contribution >= 0.6 is 0 Å². The number of rotatable bonds is 1. The number of ether oxygens (including phenoxy) is 1. The zero-order valence-electron chi connectivity index (χ0n) is 15.5. The molecule has 2 N–H and O–H groups in total. The summed E-state index contributed by atoms with van der Waals surface area (Å²) < 4.78 is 8.06. The zero-order valence-corrected chi connectivity index (χ0v) is 15.5. The van der Waals surface area contributed by atoms with E-state index in [1.165, 1.54) is 36.8 Å². The number of anilines is 1. The van der Waals surface area contributed by atoms with Crippen molar-refractivity contribution in [3.8, 4) is 0 Å². The Bertz CT molecular complexity index is 739. The van der Waals surface area contributed by atoms with Crippen molar-refractivity contribution in [1.82, 2.24) is 9.78 Å². The molecular formula is C20H27N3O4. The quantitative estimate of drug-likeness (QED) is 0.761. The van der Waals surface area contributed by atoms with Gasteiger partial charge >= 0.3 is 0 Å². The van der Waals surface area contributed by atoms with Gasteiger partial charge < -0.3 is 10.5 Å². The fourth-order valence-corrected chi connectivity index (χ4v) is 6.75. The molecule has 7 rings (SSSR count). The smallest absolute Gasteiger partial charge is 0.250 e. The minimum absolute atomic E-state index is 0.00445. The van der Waals surface area contributed by atoms with E-state index in [0.29, 0.717) is 30.5 Å². The van der Waals surface area contributed by atoms with Gasteiger partial charge in [-0.25, -0.2) is 4.68 Å². The van der Waals surface area contributed by atoms with Gasteiger partial charge in [-0.05, 0) is 56.8 Å². The monoisotopic (exact) mass is 373 g/mol. The molecule has 1 saturated heterocycles. The van der Waals surface area contributed by atoms with E-state index >= 15 is 0 Å². The molecule has 146 valence electrons. The predicted molar refractivity (Wildman–Crippen MR) is 95.0 cm³/mol. The highest BCUT2D eigenvalue weighted by Gasteiger charge is 2.66. The molecular weight excluding hydrogens is 346 g/mol. The summed E-state index contributed by atoms with van der Waals surface area (Å²) in [5.41, 5.74) is 5.64. The number of carbonyl (C=O) groups excluding carboxylic acids is 1. The van der Waals surface area contributed by atoms with Gasteiger partial charge in [-0.3, -0.25) is 4.79 Å². The standard InChI is InChI=1S/C20H27N3O4/c21-17-3-6-23(22-17)18(24)14-1-4-19(5-2-14)25-20(27-26-19)15-8-12-7-13(10-15)11-16(20)9-12/h3,6,12-16H,1-2,4-5,7-11H2,(H2,21,22). The normalized spacial score (nSPS) is 47.9. The van der Waals surface area contributed by atoms with E-state index in [4.69, 9.17) is 20.2 Å². The lowest BCUT2D eigenvalue weighted by Crippen LogP contribution is -2.59. The van der Waals surface area contributed by atoms with Crippen molar-refractivity contribution in [2.75, 3.05) is 5.73 Å². The summed E-state index contributed by atoms with van der Waals surface area (Å²) in [5.74, 6) is 1.76. The van der Waals surface area contributed by atoms with Gasteiger partial charge in [0.1, 0.15) is 5.82 Å². The molecule has 2 heterocycles. The van der Waals surface area contributed by atoms with Crippen molar-refractivity contribution in [1.29, 1.82) is 0 Å². The molecule has 6 aliphatic rings. The number of hydrogen-bond acceptors (Lipinski definition) is 6. The molecule has 2 spiro atoms. The second-order valence-electron chi connectivity index (χ2n) is 9.50. The van der Waals surface area contributed by atoms with Gasteiger partial charge in [0.2, 0.25) is 17.5 Å². The molecule has 1 aromatic heterocycles. The van der Waals surface area contributed by atoms with Crippen molar-refractivity contribution < 1.29 is 19.3 Å². The van der Waals surface area contributed by atoms with E-state index in [-0.39, 0.29) is 11.8 Å². The molecule has 5 saturated carbocycles. The van der Waals surface area contributed by atoms with E-state index in [1.54, 1.807) is 12.3 Å². The topological polar surface area (TPSA) is 88.6 Å². The van der Waals surface area contributed by atoms with Crippen LogP contribution in [0.25, 0.3) is 0 Å². The van der Waals surface area contributed by atoms with Gasteiger partial charge in [0, 0.05) is 42.9 Å². The van der Waals surface area contributed by atoms with Crippen molar-refractivity contribution in [3.05, 3.63) is 12.3 Å². The lowest BCUT2D eigenvalue weighted by Gasteiger charge is -2.57. The zero-order chi connectivity index (χ0) is 18.2. The van der Waals surface area contributed by atoms with Crippen LogP contribution in [0.2, 0.25) is 0 Å². The second kappa shape index (κ2) is 5.55. The Morgan fingerprint density at radius 2 is 1.74 bits per heavy atom. The third-order valence-electron chi connectivity index (χ3n) is 7.88. The van der Waals surface area contributed by atoms with Crippen LogP contribution < -0.4 is 5.73 Å². The average molecular weight is 373 g/mol. The Morgan fingerprint density at radius 1 is 1.07 bits per heavy atom. The molecule has 1 aromatic rings. The lowest BCUT2D eigenvalue weighted by atomic mass is 9.53. The molecule has 0 radical (unpaired) electrons. The maximum Gasteiger partial charge on any atom is 0.250 e. The predicted octanol–water partition coefficient (Wildman–Crippen LogP) is 3.12. The minimum Gasteiger partial charge on any atom is -0.382 e. The Balaban J connectivity index is 1.16. The Hall–Kier alpha value is -1.44. The third kappa shape index (κ3) is 2.37. The second-order valence-corrected chi connectivity index (χ2v) is 9.50. The first kappa shape index (κ1) is 16.5. The fourth-order valence-electron chi connectivity index (χ4n) is 6.75. The summed E-state index contributed by atoms with van der Waals surface area (Å²) in [6.07, 6.45) is 10.7.